The fourth-order valence-electron chi connectivity index (χ4n) is 3.13. The van der Waals surface area contributed by atoms with Gasteiger partial charge in [0.25, 0.3) is 0 Å². The van der Waals surface area contributed by atoms with E-state index in [2.05, 4.69) is 20.8 Å². The lowest BCUT2D eigenvalue weighted by Gasteiger charge is -2.31. The Morgan fingerprint density at radius 2 is 1.69 bits per heavy atom. The van der Waals surface area contributed by atoms with E-state index in [1.807, 2.05) is 0 Å². The highest BCUT2D eigenvalue weighted by Crippen LogP contribution is 2.43. The summed E-state index contributed by atoms with van der Waals surface area (Å²) in [5, 5.41) is 0. The molecule has 1 atom stereocenters. The Kier molecular flexibility index (Phi) is 3.42. The van der Waals surface area contributed by atoms with Crippen molar-refractivity contribution in [2.75, 3.05) is 0 Å². The molecule has 2 rings (SSSR count). The van der Waals surface area contributed by atoms with Gasteiger partial charge in [-0.15, -0.1) is 0 Å². The molecule has 0 N–H and O–H groups in total. The van der Waals surface area contributed by atoms with Crippen LogP contribution in [-0.2, 0) is 4.79 Å². The maximum atomic E-state index is 12.3. The molecule has 1 nitrogen and oxygen atoms in total. The average molecular weight is 222 g/mol. The Balaban J connectivity index is 1.98. The van der Waals surface area contributed by atoms with Crippen LogP contribution >= 0.6 is 0 Å². The van der Waals surface area contributed by atoms with E-state index in [9.17, 15) is 4.79 Å². The van der Waals surface area contributed by atoms with Gasteiger partial charge >= 0.3 is 0 Å². The van der Waals surface area contributed by atoms with Gasteiger partial charge in [-0.3, -0.25) is 4.79 Å². The van der Waals surface area contributed by atoms with E-state index >= 15 is 0 Å². The predicted octanol–water partition coefficient (Wildman–Crippen LogP) is 4.21. The van der Waals surface area contributed by atoms with Crippen molar-refractivity contribution in [1.29, 1.82) is 0 Å². The summed E-state index contributed by atoms with van der Waals surface area (Å²) < 4.78 is 0. The summed E-state index contributed by atoms with van der Waals surface area (Å²) in [6.07, 6.45) is 9.00. The molecule has 1 heteroatoms. The maximum absolute atomic E-state index is 12.3. The molecule has 2 aliphatic rings. The fraction of sp³-hybridized carbons (Fsp3) is 0.933. The van der Waals surface area contributed by atoms with E-state index in [0.717, 1.165) is 18.8 Å². The molecule has 1 unspecified atom stereocenters. The lowest BCUT2D eigenvalue weighted by atomic mass is 9.72. The van der Waals surface area contributed by atoms with Crippen LogP contribution < -0.4 is 0 Å². The number of Topliss-reactive ketones (excluding diaryl/α,β-unsaturated/α-hetero) is 1. The maximum Gasteiger partial charge on any atom is 0.139 e. The third-order valence-electron chi connectivity index (χ3n) is 4.41. The molecule has 92 valence electrons. The molecule has 2 fully saturated rings. The van der Waals surface area contributed by atoms with E-state index < -0.39 is 0 Å². The molecule has 0 heterocycles. The molecule has 0 aromatic rings. The molecular formula is C15H26O. The molecule has 0 spiro atoms. The van der Waals surface area contributed by atoms with Gasteiger partial charge in [-0.25, -0.2) is 0 Å². The summed E-state index contributed by atoms with van der Waals surface area (Å²) in [7, 11) is 0. The molecule has 0 saturated heterocycles. The number of carbonyl (C=O) groups is 1. The first-order chi connectivity index (χ1) is 7.48. The lowest BCUT2D eigenvalue weighted by molar-refractivity contribution is -0.128. The SMILES string of the molecule is CC(C)(C)C(CC1CCCC1)C(=O)C1CC1. The Labute approximate surface area is 100.0 Å². The summed E-state index contributed by atoms with van der Waals surface area (Å²) in [6.45, 7) is 6.73. The first kappa shape index (κ1) is 12.1. The van der Waals surface area contributed by atoms with Crippen LogP contribution in [0.15, 0.2) is 0 Å². The summed E-state index contributed by atoms with van der Waals surface area (Å²) in [4.78, 5) is 12.3. The van der Waals surface area contributed by atoms with Crippen molar-refractivity contribution in [3.63, 3.8) is 0 Å². The molecule has 16 heavy (non-hydrogen) atoms. The number of carbonyl (C=O) groups excluding carboxylic acids is 1. The molecule has 0 aromatic heterocycles. The Morgan fingerprint density at radius 1 is 1.12 bits per heavy atom. The van der Waals surface area contributed by atoms with Crippen molar-refractivity contribution in [3.8, 4) is 0 Å². The van der Waals surface area contributed by atoms with Gasteiger partial charge in [0.2, 0.25) is 0 Å². The Morgan fingerprint density at radius 3 is 2.12 bits per heavy atom. The lowest BCUT2D eigenvalue weighted by Crippen LogP contribution is -2.31. The third-order valence-corrected chi connectivity index (χ3v) is 4.41. The zero-order chi connectivity index (χ0) is 11.8. The van der Waals surface area contributed by atoms with Crippen LogP contribution in [0.2, 0.25) is 0 Å². The molecule has 2 saturated carbocycles. The minimum Gasteiger partial charge on any atom is -0.299 e. The van der Waals surface area contributed by atoms with E-state index in [1.54, 1.807) is 0 Å². The Hall–Kier alpha value is -0.330. The highest BCUT2D eigenvalue weighted by Gasteiger charge is 2.41. The van der Waals surface area contributed by atoms with E-state index in [0.29, 0.717) is 17.6 Å². The van der Waals surface area contributed by atoms with Gasteiger partial charge in [0, 0.05) is 11.8 Å². The normalized spacial score (nSPS) is 24.7. The van der Waals surface area contributed by atoms with Crippen LogP contribution in [0.1, 0.15) is 65.7 Å². The molecule has 0 amide bonds. The molecule has 0 aliphatic heterocycles. The van der Waals surface area contributed by atoms with Crippen LogP contribution in [0.3, 0.4) is 0 Å². The van der Waals surface area contributed by atoms with Crippen LogP contribution in [0.5, 0.6) is 0 Å². The molecule has 0 radical (unpaired) electrons. The zero-order valence-corrected chi connectivity index (χ0v) is 11.1. The van der Waals surface area contributed by atoms with Crippen molar-refractivity contribution < 1.29 is 4.79 Å². The zero-order valence-electron chi connectivity index (χ0n) is 11.1. The van der Waals surface area contributed by atoms with Gasteiger partial charge in [-0.1, -0.05) is 46.5 Å². The smallest absolute Gasteiger partial charge is 0.139 e. The standard InChI is InChI=1S/C15H26O/c1-15(2,3)13(14(16)12-8-9-12)10-11-6-4-5-7-11/h11-13H,4-10H2,1-3H3. The van der Waals surface area contributed by atoms with Gasteiger partial charge in [0.15, 0.2) is 0 Å². The van der Waals surface area contributed by atoms with Crippen LogP contribution in [0.25, 0.3) is 0 Å². The molecule has 0 aromatic carbocycles. The van der Waals surface area contributed by atoms with Crippen LogP contribution in [-0.4, -0.2) is 5.78 Å². The van der Waals surface area contributed by atoms with Crippen molar-refractivity contribution >= 4 is 5.78 Å². The van der Waals surface area contributed by atoms with Gasteiger partial charge in [0.1, 0.15) is 5.78 Å². The van der Waals surface area contributed by atoms with E-state index in [1.165, 1.54) is 32.1 Å². The largest absolute Gasteiger partial charge is 0.299 e. The summed E-state index contributed by atoms with van der Waals surface area (Å²) in [6, 6.07) is 0. The second kappa shape index (κ2) is 4.50. The number of rotatable bonds is 4. The fourth-order valence-corrected chi connectivity index (χ4v) is 3.13. The van der Waals surface area contributed by atoms with Crippen molar-refractivity contribution in [2.24, 2.45) is 23.2 Å². The average Bonchev–Trinajstić information content (AvgIpc) is 2.90. The summed E-state index contributed by atoms with van der Waals surface area (Å²) in [5.41, 5.74) is 0.169. The Bertz CT molecular complexity index is 251. The van der Waals surface area contributed by atoms with Gasteiger partial charge < -0.3 is 0 Å². The monoisotopic (exact) mass is 222 g/mol. The first-order valence-corrected chi connectivity index (χ1v) is 7.02. The van der Waals surface area contributed by atoms with Crippen molar-refractivity contribution in [1.82, 2.24) is 0 Å². The molecular weight excluding hydrogens is 196 g/mol. The number of hydrogen-bond donors (Lipinski definition) is 0. The van der Waals surface area contributed by atoms with Crippen LogP contribution in [0.4, 0.5) is 0 Å². The summed E-state index contributed by atoms with van der Waals surface area (Å²) >= 11 is 0. The van der Waals surface area contributed by atoms with E-state index in [-0.39, 0.29) is 5.41 Å². The third kappa shape index (κ3) is 2.87. The van der Waals surface area contributed by atoms with Gasteiger partial charge in [-0.05, 0) is 30.6 Å². The number of hydrogen-bond acceptors (Lipinski definition) is 1. The number of ketones is 1. The van der Waals surface area contributed by atoms with Gasteiger partial charge in [-0.2, -0.15) is 0 Å². The highest BCUT2D eigenvalue weighted by atomic mass is 16.1. The molecule has 0 bridgehead atoms. The molecule has 2 aliphatic carbocycles. The second-order valence-corrected chi connectivity index (χ2v) is 6.98. The minimum absolute atomic E-state index is 0.169. The van der Waals surface area contributed by atoms with Gasteiger partial charge in [0.05, 0.1) is 0 Å². The minimum atomic E-state index is 0.169. The second-order valence-electron chi connectivity index (χ2n) is 6.98. The van der Waals surface area contributed by atoms with Crippen LogP contribution in [0, 0.1) is 23.2 Å². The van der Waals surface area contributed by atoms with Crippen molar-refractivity contribution in [3.05, 3.63) is 0 Å². The highest BCUT2D eigenvalue weighted by molar-refractivity contribution is 5.86. The first-order valence-electron chi connectivity index (χ1n) is 7.02. The topological polar surface area (TPSA) is 17.1 Å². The summed E-state index contributed by atoms with van der Waals surface area (Å²) in [5.74, 6) is 2.18. The quantitative estimate of drug-likeness (QED) is 0.696. The van der Waals surface area contributed by atoms with Crippen molar-refractivity contribution in [2.45, 2.75) is 65.7 Å². The predicted molar refractivity (Wildman–Crippen MR) is 67.3 cm³/mol. The van der Waals surface area contributed by atoms with E-state index in [4.69, 9.17) is 0 Å².